The van der Waals surface area contributed by atoms with Crippen molar-refractivity contribution in [1.29, 1.82) is 0 Å². The third kappa shape index (κ3) is 7.89. The average molecular weight is 501 g/mol. The number of anilines is 1. The molecule has 0 amide bonds. The zero-order chi connectivity index (χ0) is 25.4. The van der Waals surface area contributed by atoms with Crippen molar-refractivity contribution in [3.63, 3.8) is 0 Å². The van der Waals surface area contributed by atoms with Gasteiger partial charge in [0, 0.05) is 41.5 Å². The van der Waals surface area contributed by atoms with Crippen molar-refractivity contribution in [3.05, 3.63) is 77.3 Å². The minimum absolute atomic E-state index is 0.0193. The van der Waals surface area contributed by atoms with E-state index in [1.807, 2.05) is 25.1 Å². The van der Waals surface area contributed by atoms with Crippen LogP contribution in [-0.2, 0) is 0 Å². The highest BCUT2D eigenvalue weighted by Crippen LogP contribution is 2.35. The van der Waals surface area contributed by atoms with Crippen LogP contribution in [0.5, 0.6) is 11.5 Å². The first-order valence-corrected chi connectivity index (χ1v) is 11.1. The minimum atomic E-state index is -1.53. The standard InChI is InChI=1S/C25H25ClN2O7/c1-15(27-14-22(29)17-5-2-6-18(26)10-17)13-28-19-7-3-4-16(11-19)21-9-8-20(34-24(30)31)12-23(21)35-25(32)33/h2-12,15,22,27-29H,13-14H2,1H3,(H,30,31)(H,32,33)/t15-,22+/m1/s1. The summed E-state index contributed by atoms with van der Waals surface area (Å²) in [6, 6.07) is 18.5. The van der Waals surface area contributed by atoms with E-state index in [1.165, 1.54) is 18.2 Å². The zero-order valence-electron chi connectivity index (χ0n) is 18.8. The molecule has 0 radical (unpaired) electrons. The van der Waals surface area contributed by atoms with Gasteiger partial charge in [-0.25, -0.2) is 9.59 Å². The number of halogens is 1. The summed E-state index contributed by atoms with van der Waals surface area (Å²) in [6.07, 6.45) is -3.75. The molecule has 0 unspecified atom stereocenters. The first-order chi connectivity index (χ1) is 16.7. The first kappa shape index (κ1) is 25.8. The summed E-state index contributed by atoms with van der Waals surface area (Å²) < 4.78 is 9.43. The SMILES string of the molecule is C[C@H](CNc1cccc(-c2ccc(OC(=O)O)cc2OC(=O)O)c1)NC[C@H](O)c1cccc(Cl)c1. The highest BCUT2D eigenvalue weighted by atomic mass is 35.5. The van der Waals surface area contributed by atoms with E-state index >= 15 is 0 Å². The molecule has 3 aromatic carbocycles. The molecular formula is C25H25ClN2O7. The van der Waals surface area contributed by atoms with E-state index in [0.29, 0.717) is 29.2 Å². The van der Waals surface area contributed by atoms with Crippen molar-refractivity contribution >= 4 is 29.6 Å². The Labute approximate surface area is 206 Å². The Morgan fingerprint density at radius 1 is 0.943 bits per heavy atom. The van der Waals surface area contributed by atoms with Crippen molar-refractivity contribution in [1.82, 2.24) is 5.32 Å². The normalized spacial score (nSPS) is 12.4. The number of aliphatic hydroxyl groups excluding tert-OH is 1. The topological polar surface area (TPSA) is 137 Å². The second-order valence-electron chi connectivity index (χ2n) is 7.74. The first-order valence-electron chi connectivity index (χ1n) is 10.7. The van der Waals surface area contributed by atoms with E-state index < -0.39 is 18.4 Å². The summed E-state index contributed by atoms with van der Waals surface area (Å²) in [5, 5.41) is 35.4. The van der Waals surface area contributed by atoms with Crippen LogP contribution in [0.1, 0.15) is 18.6 Å². The number of carbonyl (C=O) groups is 2. The van der Waals surface area contributed by atoms with Gasteiger partial charge in [-0.05, 0) is 54.4 Å². The lowest BCUT2D eigenvalue weighted by Gasteiger charge is -2.19. The summed E-state index contributed by atoms with van der Waals surface area (Å²) in [4.78, 5) is 21.9. The van der Waals surface area contributed by atoms with Gasteiger partial charge < -0.3 is 35.4 Å². The largest absolute Gasteiger partial charge is 0.511 e. The second kappa shape index (κ2) is 12.1. The van der Waals surface area contributed by atoms with Crippen LogP contribution < -0.4 is 20.1 Å². The number of carboxylic acid groups (broad SMARTS) is 2. The molecule has 0 spiro atoms. The van der Waals surface area contributed by atoms with Gasteiger partial charge in [-0.2, -0.15) is 0 Å². The number of nitrogens with one attached hydrogen (secondary N) is 2. The van der Waals surface area contributed by atoms with Crippen LogP contribution in [0.25, 0.3) is 11.1 Å². The lowest BCUT2D eigenvalue weighted by molar-refractivity contribution is 0.143. The summed E-state index contributed by atoms with van der Waals surface area (Å²) in [6.45, 7) is 2.88. The summed E-state index contributed by atoms with van der Waals surface area (Å²) in [5.41, 5.74) is 2.62. The van der Waals surface area contributed by atoms with E-state index in [2.05, 4.69) is 15.4 Å². The molecule has 0 saturated heterocycles. The molecule has 3 aromatic rings. The van der Waals surface area contributed by atoms with Crippen LogP contribution >= 0.6 is 11.6 Å². The highest BCUT2D eigenvalue weighted by molar-refractivity contribution is 6.30. The van der Waals surface area contributed by atoms with Crippen molar-refractivity contribution in [2.45, 2.75) is 19.1 Å². The minimum Gasteiger partial charge on any atom is -0.449 e. The predicted molar refractivity (Wildman–Crippen MR) is 132 cm³/mol. The number of rotatable bonds is 10. The predicted octanol–water partition coefficient (Wildman–Crippen LogP) is 5.24. The van der Waals surface area contributed by atoms with Gasteiger partial charge in [-0.3, -0.25) is 0 Å². The van der Waals surface area contributed by atoms with Gasteiger partial charge in [0.25, 0.3) is 0 Å². The van der Waals surface area contributed by atoms with Crippen molar-refractivity contribution < 1.29 is 34.4 Å². The van der Waals surface area contributed by atoms with Crippen LogP contribution in [-0.4, -0.2) is 46.8 Å². The Hall–Kier alpha value is -3.79. The van der Waals surface area contributed by atoms with Gasteiger partial charge in [0.15, 0.2) is 0 Å². The van der Waals surface area contributed by atoms with Crippen molar-refractivity contribution in [2.24, 2.45) is 0 Å². The third-order valence-corrected chi connectivity index (χ3v) is 5.27. The second-order valence-corrected chi connectivity index (χ2v) is 8.17. The molecule has 184 valence electrons. The molecule has 10 heteroatoms. The number of ether oxygens (including phenoxy) is 2. The molecule has 0 aliphatic rings. The van der Waals surface area contributed by atoms with Crippen LogP contribution in [0, 0.1) is 0 Å². The Balaban J connectivity index is 1.64. The number of aliphatic hydroxyl groups is 1. The fourth-order valence-electron chi connectivity index (χ4n) is 3.37. The average Bonchev–Trinajstić information content (AvgIpc) is 2.81. The fourth-order valence-corrected chi connectivity index (χ4v) is 3.57. The van der Waals surface area contributed by atoms with Crippen molar-refractivity contribution in [2.75, 3.05) is 18.4 Å². The summed E-state index contributed by atoms with van der Waals surface area (Å²) >= 11 is 5.98. The summed E-state index contributed by atoms with van der Waals surface area (Å²) in [7, 11) is 0. The van der Waals surface area contributed by atoms with Gasteiger partial charge >= 0.3 is 12.3 Å². The maximum atomic E-state index is 11.1. The molecule has 9 nitrogen and oxygen atoms in total. The van der Waals surface area contributed by atoms with Crippen LogP contribution in [0.3, 0.4) is 0 Å². The molecular weight excluding hydrogens is 476 g/mol. The van der Waals surface area contributed by atoms with E-state index in [4.69, 9.17) is 26.6 Å². The lowest BCUT2D eigenvalue weighted by atomic mass is 10.0. The van der Waals surface area contributed by atoms with E-state index in [1.54, 1.807) is 30.3 Å². The smallest absolute Gasteiger partial charge is 0.449 e. The van der Waals surface area contributed by atoms with Gasteiger partial charge in [-0.1, -0.05) is 35.9 Å². The fraction of sp³-hybridized carbons (Fsp3) is 0.200. The van der Waals surface area contributed by atoms with Gasteiger partial charge in [0.1, 0.15) is 11.5 Å². The maximum Gasteiger partial charge on any atom is 0.511 e. The molecule has 5 N–H and O–H groups in total. The van der Waals surface area contributed by atoms with Crippen LogP contribution in [0.15, 0.2) is 66.7 Å². The molecule has 0 bridgehead atoms. The van der Waals surface area contributed by atoms with Gasteiger partial charge in [0.2, 0.25) is 0 Å². The molecule has 2 atom stereocenters. The highest BCUT2D eigenvalue weighted by Gasteiger charge is 2.14. The molecule has 35 heavy (non-hydrogen) atoms. The molecule has 0 fully saturated rings. The van der Waals surface area contributed by atoms with Gasteiger partial charge in [-0.15, -0.1) is 0 Å². The number of benzene rings is 3. The van der Waals surface area contributed by atoms with E-state index in [9.17, 15) is 14.7 Å². The Morgan fingerprint density at radius 2 is 1.69 bits per heavy atom. The zero-order valence-corrected chi connectivity index (χ0v) is 19.5. The van der Waals surface area contributed by atoms with Crippen LogP contribution in [0.4, 0.5) is 15.3 Å². The molecule has 0 aliphatic heterocycles. The maximum absolute atomic E-state index is 11.1. The number of hydrogen-bond donors (Lipinski definition) is 5. The van der Waals surface area contributed by atoms with Gasteiger partial charge in [0.05, 0.1) is 6.10 Å². The molecule has 3 rings (SSSR count). The molecule has 0 heterocycles. The third-order valence-electron chi connectivity index (χ3n) is 5.03. The molecule has 0 aromatic heterocycles. The monoisotopic (exact) mass is 500 g/mol. The van der Waals surface area contributed by atoms with E-state index in [-0.39, 0.29) is 17.5 Å². The van der Waals surface area contributed by atoms with Crippen molar-refractivity contribution in [3.8, 4) is 22.6 Å². The Kier molecular flexibility index (Phi) is 8.91. The number of hydrogen-bond acceptors (Lipinski definition) is 7. The molecule has 0 saturated carbocycles. The Morgan fingerprint density at radius 3 is 2.40 bits per heavy atom. The Bertz CT molecular complexity index is 1190. The molecule has 0 aliphatic carbocycles. The quantitative estimate of drug-likeness (QED) is 0.187. The van der Waals surface area contributed by atoms with E-state index in [0.717, 1.165) is 11.3 Å². The van der Waals surface area contributed by atoms with Crippen LogP contribution in [0.2, 0.25) is 5.02 Å². The summed E-state index contributed by atoms with van der Waals surface area (Å²) in [5.74, 6) is -0.120. The lowest BCUT2D eigenvalue weighted by Crippen LogP contribution is -2.35.